The Morgan fingerprint density at radius 1 is 1.23 bits per heavy atom. The molecule has 0 bridgehead atoms. The number of hydrogen-bond acceptors (Lipinski definition) is 6. The lowest BCUT2D eigenvalue weighted by Gasteiger charge is -2.47. The van der Waals surface area contributed by atoms with Crippen LogP contribution in [-0.4, -0.2) is 63.9 Å². The van der Waals surface area contributed by atoms with Crippen molar-refractivity contribution < 1.29 is 9.90 Å². The smallest absolute Gasteiger partial charge is 0.239 e. The number of rotatable bonds is 7. The topological polar surface area (TPSA) is 90.4 Å². The maximum absolute atomic E-state index is 12.4. The van der Waals surface area contributed by atoms with E-state index in [4.69, 9.17) is 0 Å². The highest BCUT2D eigenvalue weighted by atomic mass is 16.3. The van der Waals surface area contributed by atoms with Crippen molar-refractivity contribution in [1.29, 1.82) is 0 Å². The molecule has 1 amide bonds. The van der Waals surface area contributed by atoms with E-state index in [0.717, 1.165) is 60.9 Å². The number of benzene rings is 1. The third kappa shape index (κ3) is 5.15. The van der Waals surface area contributed by atoms with Gasteiger partial charge in [0, 0.05) is 24.5 Å². The molecule has 2 heterocycles. The van der Waals surface area contributed by atoms with Crippen LogP contribution in [0.15, 0.2) is 24.4 Å². The number of fused-ring (bicyclic) bond motifs is 1. The summed E-state index contributed by atoms with van der Waals surface area (Å²) in [7, 11) is 0. The van der Waals surface area contributed by atoms with Gasteiger partial charge < -0.3 is 15.7 Å². The van der Waals surface area contributed by atoms with Crippen LogP contribution >= 0.6 is 0 Å². The number of nitrogens with one attached hydrogen (secondary N) is 2. The highest BCUT2D eigenvalue weighted by Gasteiger charge is 2.36. The van der Waals surface area contributed by atoms with Gasteiger partial charge in [0.1, 0.15) is 0 Å². The lowest BCUT2D eigenvalue weighted by Crippen LogP contribution is -2.63. The molecule has 1 aromatic carbocycles. The zero-order chi connectivity index (χ0) is 22.0. The summed E-state index contributed by atoms with van der Waals surface area (Å²) in [5, 5.41) is 25.8. The van der Waals surface area contributed by atoms with Crippen LogP contribution in [0.3, 0.4) is 0 Å². The van der Waals surface area contributed by atoms with Gasteiger partial charge in [0.15, 0.2) is 0 Å². The summed E-state index contributed by atoms with van der Waals surface area (Å²) in [6.07, 6.45) is 6.01. The number of aryl methyl sites for hydroxylation is 1. The number of anilines is 1. The van der Waals surface area contributed by atoms with Crippen LogP contribution in [0, 0.1) is 18.8 Å². The van der Waals surface area contributed by atoms with Crippen molar-refractivity contribution in [3.63, 3.8) is 0 Å². The van der Waals surface area contributed by atoms with Gasteiger partial charge in [-0.2, -0.15) is 10.2 Å². The summed E-state index contributed by atoms with van der Waals surface area (Å²) in [5.41, 5.74) is 2.80. The van der Waals surface area contributed by atoms with Gasteiger partial charge in [0.25, 0.3) is 0 Å². The van der Waals surface area contributed by atoms with Gasteiger partial charge in [0.05, 0.1) is 36.1 Å². The Balaban J connectivity index is 1.20. The second-order valence-corrected chi connectivity index (χ2v) is 9.65. The molecule has 3 N–H and O–H groups in total. The van der Waals surface area contributed by atoms with Gasteiger partial charge in [0.2, 0.25) is 5.91 Å². The van der Waals surface area contributed by atoms with Crippen LogP contribution in [0.4, 0.5) is 5.69 Å². The predicted octanol–water partition coefficient (Wildman–Crippen LogP) is 2.73. The van der Waals surface area contributed by atoms with Crippen molar-refractivity contribution in [2.45, 2.75) is 64.6 Å². The number of amides is 1. The number of aliphatic hydroxyl groups is 1. The Morgan fingerprint density at radius 2 is 1.97 bits per heavy atom. The molecular formula is C24H35N5O2. The van der Waals surface area contributed by atoms with Gasteiger partial charge in [-0.05, 0) is 56.6 Å². The summed E-state index contributed by atoms with van der Waals surface area (Å²) < 4.78 is 0. The molecule has 7 heteroatoms. The molecule has 1 unspecified atom stereocenters. The largest absolute Gasteiger partial charge is 0.393 e. The van der Waals surface area contributed by atoms with Crippen LogP contribution in [0.5, 0.6) is 0 Å². The van der Waals surface area contributed by atoms with Crippen molar-refractivity contribution in [1.82, 2.24) is 20.4 Å². The van der Waals surface area contributed by atoms with Gasteiger partial charge in [-0.25, -0.2) is 0 Å². The highest BCUT2D eigenvalue weighted by molar-refractivity contribution is 5.92. The van der Waals surface area contributed by atoms with Gasteiger partial charge in [-0.3, -0.25) is 9.69 Å². The first-order valence-corrected chi connectivity index (χ1v) is 11.6. The number of carbonyl (C=O) groups excluding carboxylic acids is 1. The van der Waals surface area contributed by atoms with E-state index in [-0.39, 0.29) is 24.6 Å². The summed E-state index contributed by atoms with van der Waals surface area (Å²) >= 11 is 0. The third-order valence-electron chi connectivity index (χ3n) is 6.93. The number of nitrogens with zero attached hydrogens (tertiary/aromatic N) is 3. The van der Waals surface area contributed by atoms with Crippen LogP contribution < -0.4 is 10.6 Å². The number of likely N-dealkylation sites (tertiary alicyclic amines) is 1. The maximum atomic E-state index is 12.4. The predicted molar refractivity (Wildman–Crippen MR) is 123 cm³/mol. The highest BCUT2D eigenvalue weighted by Crippen LogP contribution is 2.33. The summed E-state index contributed by atoms with van der Waals surface area (Å²) in [6.45, 7) is 8.31. The average Bonchev–Trinajstić information content (AvgIpc) is 2.74. The molecule has 1 aliphatic heterocycles. The van der Waals surface area contributed by atoms with E-state index in [9.17, 15) is 9.90 Å². The molecule has 0 spiro atoms. The molecule has 2 aromatic rings. The molecule has 0 radical (unpaired) electrons. The molecule has 1 saturated carbocycles. The van der Waals surface area contributed by atoms with Crippen molar-refractivity contribution in [3.05, 3.63) is 30.0 Å². The normalized spacial score (nSPS) is 23.5. The SMILES string of the molecule is Cc1ccc2nncc(NCC(=O)NC3CN([C@H]4CC[C@@H](C(O)C(C)C)CC4)C3)c2c1. The maximum Gasteiger partial charge on any atom is 0.239 e. The Morgan fingerprint density at radius 3 is 2.68 bits per heavy atom. The van der Waals surface area contributed by atoms with Crippen molar-refractivity contribution in [3.8, 4) is 0 Å². The summed E-state index contributed by atoms with van der Waals surface area (Å²) in [5.74, 6) is 0.788. The molecule has 2 aliphatic rings. The van der Waals surface area contributed by atoms with Crippen molar-refractivity contribution in [2.75, 3.05) is 25.0 Å². The Labute approximate surface area is 184 Å². The number of carbonyl (C=O) groups is 1. The van der Waals surface area contributed by atoms with Crippen LogP contribution in [0.1, 0.15) is 45.1 Å². The van der Waals surface area contributed by atoms with Crippen LogP contribution in [-0.2, 0) is 4.79 Å². The lowest BCUT2D eigenvalue weighted by molar-refractivity contribution is -0.121. The van der Waals surface area contributed by atoms with Crippen molar-refractivity contribution >= 4 is 22.5 Å². The molecule has 168 valence electrons. The Kier molecular flexibility index (Phi) is 6.72. The van der Waals surface area contributed by atoms with Gasteiger partial charge in [-0.1, -0.05) is 25.5 Å². The molecule has 4 rings (SSSR count). The molecule has 2 fully saturated rings. The summed E-state index contributed by atoms with van der Waals surface area (Å²) in [6, 6.07) is 6.84. The van der Waals surface area contributed by atoms with E-state index in [1.807, 2.05) is 19.1 Å². The van der Waals surface area contributed by atoms with E-state index in [0.29, 0.717) is 17.9 Å². The minimum Gasteiger partial charge on any atom is -0.393 e. The zero-order valence-corrected chi connectivity index (χ0v) is 18.8. The van der Waals surface area contributed by atoms with E-state index < -0.39 is 0 Å². The quantitative estimate of drug-likeness (QED) is 0.632. The van der Waals surface area contributed by atoms with E-state index in [1.165, 1.54) is 0 Å². The van der Waals surface area contributed by atoms with Crippen LogP contribution in [0.25, 0.3) is 10.9 Å². The molecule has 1 aromatic heterocycles. The van der Waals surface area contributed by atoms with Gasteiger partial charge >= 0.3 is 0 Å². The Hall–Kier alpha value is -2.25. The molecule has 31 heavy (non-hydrogen) atoms. The fourth-order valence-corrected chi connectivity index (χ4v) is 5.02. The minimum atomic E-state index is -0.173. The van der Waals surface area contributed by atoms with E-state index >= 15 is 0 Å². The first-order valence-electron chi connectivity index (χ1n) is 11.6. The lowest BCUT2D eigenvalue weighted by atomic mass is 9.78. The van der Waals surface area contributed by atoms with Gasteiger partial charge in [-0.15, -0.1) is 0 Å². The number of aliphatic hydroxyl groups excluding tert-OH is 1. The standard InChI is InChI=1S/C24H35N5O2/c1-15(2)24(31)17-5-7-19(8-6-17)29-13-18(14-29)27-23(30)12-25-22-11-26-28-21-9-4-16(3)10-20(21)22/h4,9-11,15,17-19,24,31H,5-8,12-14H2,1-3H3,(H,25,28)(H,27,30)/t17-,19+,24?. The molecular weight excluding hydrogens is 390 g/mol. The molecule has 7 nitrogen and oxygen atoms in total. The number of hydrogen-bond donors (Lipinski definition) is 3. The fraction of sp³-hybridized carbons (Fsp3) is 0.625. The fourth-order valence-electron chi connectivity index (χ4n) is 5.02. The van der Waals surface area contributed by atoms with E-state index in [2.05, 4.69) is 45.6 Å². The van der Waals surface area contributed by atoms with Crippen molar-refractivity contribution in [2.24, 2.45) is 11.8 Å². The third-order valence-corrected chi connectivity index (χ3v) is 6.93. The zero-order valence-electron chi connectivity index (χ0n) is 18.8. The molecule has 1 aliphatic carbocycles. The second kappa shape index (κ2) is 9.49. The van der Waals surface area contributed by atoms with Crippen LogP contribution in [0.2, 0.25) is 0 Å². The number of aromatic nitrogens is 2. The second-order valence-electron chi connectivity index (χ2n) is 9.65. The molecule has 1 atom stereocenters. The molecule has 1 saturated heterocycles. The average molecular weight is 426 g/mol. The first-order chi connectivity index (χ1) is 14.9. The minimum absolute atomic E-state index is 0.00558. The van der Waals surface area contributed by atoms with E-state index in [1.54, 1.807) is 6.20 Å². The Bertz CT molecular complexity index is 904. The summed E-state index contributed by atoms with van der Waals surface area (Å²) in [4.78, 5) is 14.9. The first kappa shape index (κ1) is 22.0. The monoisotopic (exact) mass is 425 g/mol.